The number of aromatic nitrogens is 1. The molecule has 26 heavy (non-hydrogen) atoms. The van der Waals surface area contributed by atoms with Crippen molar-refractivity contribution in [3.63, 3.8) is 0 Å². The van der Waals surface area contributed by atoms with Crippen molar-refractivity contribution < 1.29 is 0 Å². The van der Waals surface area contributed by atoms with Crippen molar-refractivity contribution in [1.82, 2.24) is 4.57 Å². The lowest BCUT2D eigenvalue weighted by molar-refractivity contribution is 0.623. The molecule has 1 aliphatic rings. The van der Waals surface area contributed by atoms with Crippen LogP contribution >= 0.6 is 0 Å². The number of fused-ring (bicyclic) bond motifs is 5. The molecule has 4 aromatic rings. The zero-order chi connectivity index (χ0) is 18.1. The molecule has 0 saturated heterocycles. The standard InChI is InChI=1S/C25H23N/c1-16-13-17(2)15-18(14-16)26-22-12-8-6-10-20(22)23-19-9-5-7-11-21(19)25(3,4)24(23)26/h5-15H,1-4H3. The fourth-order valence-electron chi connectivity index (χ4n) is 4.83. The van der Waals surface area contributed by atoms with Crippen LogP contribution in [0.1, 0.15) is 36.2 Å². The maximum atomic E-state index is 2.49. The molecule has 0 spiro atoms. The van der Waals surface area contributed by atoms with Gasteiger partial charge in [0, 0.05) is 27.7 Å². The molecule has 5 rings (SSSR count). The lowest BCUT2D eigenvalue weighted by Gasteiger charge is -2.25. The molecule has 1 nitrogen and oxygen atoms in total. The van der Waals surface area contributed by atoms with E-state index in [9.17, 15) is 0 Å². The Hall–Kier alpha value is -2.80. The van der Waals surface area contributed by atoms with Crippen molar-refractivity contribution in [3.8, 4) is 16.8 Å². The van der Waals surface area contributed by atoms with Gasteiger partial charge in [0.2, 0.25) is 0 Å². The van der Waals surface area contributed by atoms with Crippen molar-refractivity contribution in [2.24, 2.45) is 0 Å². The van der Waals surface area contributed by atoms with Crippen LogP contribution in [0.15, 0.2) is 66.7 Å². The smallest absolute Gasteiger partial charge is 0.0538 e. The topological polar surface area (TPSA) is 4.93 Å². The number of hydrogen-bond donors (Lipinski definition) is 0. The summed E-state index contributed by atoms with van der Waals surface area (Å²) in [5.74, 6) is 0. The second-order valence-electron chi connectivity index (χ2n) is 8.09. The first-order valence-corrected chi connectivity index (χ1v) is 9.31. The van der Waals surface area contributed by atoms with Crippen LogP contribution in [0.2, 0.25) is 0 Å². The van der Waals surface area contributed by atoms with Gasteiger partial charge in [-0.1, -0.05) is 62.4 Å². The summed E-state index contributed by atoms with van der Waals surface area (Å²) in [5, 5.41) is 1.35. The van der Waals surface area contributed by atoms with Crippen molar-refractivity contribution in [2.75, 3.05) is 0 Å². The third-order valence-electron chi connectivity index (χ3n) is 5.80. The van der Waals surface area contributed by atoms with E-state index in [1.807, 2.05) is 0 Å². The Balaban J connectivity index is 1.98. The molecule has 3 aromatic carbocycles. The van der Waals surface area contributed by atoms with Crippen LogP contribution in [0.4, 0.5) is 0 Å². The molecule has 0 unspecified atom stereocenters. The first-order chi connectivity index (χ1) is 12.5. The highest BCUT2D eigenvalue weighted by molar-refractivity contribution is 6.03. The van der Waals surface area contributed by atoms with E-state index in [0.29, 0.717) is 0 Å². The third-order valence-corrected chi connectivity index (χ3v) is 5.80. The van der Waals surface area contributed by atoms with Crippen molar-refractivity contribution in [1.29, 1.82) is 0 Å². The van der Waals surface area contributed by atoms with E-state index >= 15 is 0 Å². The van der Waals surface area contributed by atoms with Gasteiger partial charge in [-0.25, -0.2) is 0 Å². The minimum absolute atomic E-state index is 0.0252. The van der Waals surface area contributed by atoms with Gasteiger partial charge in [-0.2, -0.15) is 0 Å². The van der Waals surface area contributed by atoms with Crippen LogP contribution in [-0.4, -0.2) is 4.57 Å². The zero-order valence-electron chi connectivity index (χ0n) is 15.8. The number of hydrogen-bond acceptors (Lipinski definition) is 0. The summed E-state index contributed by atoms with van der Waals surface area (Å²) >= 11 is 0. The zero-order valence-corrected chi connectivity index (χ0v) is 15.8. The SMILES string of the molecule is Cc1cc(C)cc(-n2c3c(c4ccccc42)-c2ccccc2C3(C)C)c1. The fourth-order valence-corrected chi connectivity index (χ4v) is 4.83. The number of nitrogens with zero attached hydrogens (tertiary/aromatic N) is 1. The van der Waals surface area contributed by atoms with Crippen LogP contribution in [0.25, 0.3) is 27.7 Å². The number of para-hydroxylation sites is 1. The quantitative estimate of drug-likeness (QED) is 0.371. The number of rotatable bonds is 1. The van der Waals surface area contributed by atoms with Crippen LogP contribution in [0.3, 0.4) is 0 Å². The van der Waals surface area contributed by atoms with Gasteiger partial charge in [-0.3, -0.25) is 0 Å². The lowest BCUT2D eigenvalue weighted by Crippen LogP contribution is -2.19. The largest absolute Gasteiger partial charge is 0.312 e. The third kappa shape index (κ3) is 1.92. The highest BCUT2D eigenvalue weighted by atomic mass is 15.0. The molecule has 1 heterocycles. The van der Waals surface area contributed by atoms with Gasteiger partial charge in [0.15, 0.2) is 0 Å². The second-order valence-corrected chi connectivity index (χ2v) is 8.09. The number of aryl methyl sites for hydroxylation is 2. The minimum atomic E-state index is -0.0252. The van der Waals surface area contributed by atoms with Crippen molar-refractivity contribution >= 4 is 10.9 Å². The van der Waals surface area contributed by atoms with Gasteiger partial charge in [-0.15, -0.1) is 0 Å². The Morgan fingerprint density at radius 3 is 2.19 bits per heavy atom. The maximum absolute atomic E-state index is 2.49. The molecule has 0 atom stereocenters. The Morgan fingerprint density at radius 1 is 0.769 bits per heavy atom. The molecule has 0 saturated carbocycles. The van der Waals surface area contributed by atoms with E-state index in [4.69, 9.17) is 0 Å². The summed E-state index contributed by atoms with van der Waals surface area (Å²) in [6.45, 7) is 9.08. The molecule has 0 aliphatic heterocycles. The molecular formula is C25H23N. The van der Waals surface area contributed by atoms with E-state index < -0.39 is 0 Å². The predicted octanol–water partition coefficient (Wildman–Crippen LogP) is 6.55. The molecule has 1 aromatic heterocycles. The van der Waals surface area contributed by atoms with Crippen LogP contribution in [0.5, 0.6) is 0 Å². The highest BCUT2D eigenvalue weighted by Crippen LogP contribution is 2.53. The van der Waals surface area contributed by atoms with Gasteiger partial charge in [0.25, 0.3) is 0 Å². The molecule has 128 valence electrons. The average Bonchev–Trinajstić information content (AvgIpc) is 3.07. The molecule has 0 radical (unpaired) electrons. The first-order valence-electron chi connectivity index (χ1n) is 9.31. The van der Waals surface area contributed by atoms with E-state index in [1.54, 1.807) is 0 Å². The molecule has 1 heteroatoms. The molecule has 0 bridgehead atoms. The molecular weight excluding hydrogens is 314 g/mol. The molecule has 0 N–H and O–H groups in total. The first kappa shape index (κ1) is 15.5. The lowest BCUT2D eigenvalue weighted by atomic mass is 9.85. The normalized spacial score (nSPS) is 14.5. The second kappa shape index (κ2) is 5.11. The average molecular weight is 337 g/mol. The monoisotopic (exact) mass is 337 g/mol. The van der Waals surface area contributed by atoms with E-state index in [2.05, 4.69) is 99.0 Å². The Labute approximate surface area is 154 Å². The summed E-state index contributed by atoms with van der Waals surface area (Å²) in [6, 6.07) is 24.6. The fraction of sp³-hybridized carbons (Fsp3) is 0.200. The van der Waals surface area contributed by atoms with Crippen LogP contribution in [0, 0.1) is 13.8 Å². The maximum Gasteiger partial charge on any atom is 0.0538 e. The Bertz CT molecular complexity index is 1150. The number of benzene rings is 3. The summed E-state index contributed by atoms with van der Waals surface area (Å²) in [5.41, 5.74) is 10.8. The Kier molecular flexibility index (Phi) is 3.04. The van der Waals surface area contributed by atoms with Crippen LogP contribution < -0.4 is 0 Å². The highest BCUT2D eigenvalue weighted by Gasteiger charge is 2.40. The van der Waals surface area contributed by atoms with Crippen molar-refractivity contribution in [3.05, 3.63) is 89.1 Å². The summed E-state index contributed by atoms with van der Waals surface area (Å²) in [6.07, 6.45) is 0. The van der Waals surface area contributed by atoms with Gasteiger partial charge in [-0.05, 0) is 54.3 Å². The van der Waals surface area contributed by atoms with Crippen LogP contribution in [-0.2, 0) is 5.41 Å². The minimum Gasteiger partial charge on any atom is -0.312 e. The summed E-state index contributed by atoms with van der Waals surface area (Å²) in [4.78, 5) is 0. The van der Waals surface area contributed by atoms with E-state index in [0.717, 1.165) is 0 Å². The van der Waals surface area contributed by atoms with Gasteiger partial charge in [0.1, 0.15) is 0 Å². The van der Waals surface area contributed by atoms with Gasteiger partial charge in [0.05, 0.1) is 5.52 Å². The van der Waals surface area contributed by atoms with Gasteiger partial charge < -0.3 is 4.57 Å². The molecule has 0 fully saturated rings. The molecule has 1 aliphatic carbocycles. The van der Waals surface area contributed by atoms with E-state index in [-0.39, 0.29) is 5.41 Å². The Morgan fingerprint density at radius 2 is 1.42 bits per heavy atom. The molecule has 0 amide bonds. The van der Waals surface area contributed by atoms with E-state index in [1.165, 1.54) is 50.1 Å². The van der Waals surface area contributed by atoms with Gasteiger partial charge >= 0.3 is 0 Å². The summed E-state index contributed by atoms with van der Waals surface area (Å²) in [7, 11) is 0. The summed E-state index contributed by atoms with van der Waals surface area (Å²) < 4.78 is 2.49. The van der Waals surface area contributed by atoms with Crippen molar-refractivity contribution in [2.45, 2.75) is 33.1 Å². The predicted molar refractivity (Wildman–Crippen MR) is 110 cm³/mol.